The van der Waals surface area contributed by atoms with E-state index in [1.54, 1.807) is 0 Å². The monoisotopic (exact) mass is 698 g/mol. The zero-order chi connectivity index (χ0) is 36.3. The van der Waals surface area contributed by atoms with Gasteiger partial charge in [0.05, 0.1) is 16.8 Å². The van der Waals surface area contributed by atoms with Crippen molar-refractivity contribution in [3.05, 3.63) is 229 Å². The summed E-state index contributed by atoms with van der Waals surface area (Å²) >= 11 is 0. The number of rotatable bonds is 4. The molecule has 256 valence electrons. The van der Waals surface area contributed by atoms with Crippen LogP contribution in [0.15, 0.2) is 206 Å². The van der Waals surface area contributed by atoms with Gasteiger partial charge in [-0.2, -0.15) is 0 Å². The van der Waals surface area contributed by atoms with Gasteiger partial charge in [-0.1, -0.05) is 188 Å². The minimum Gasteiger partial charge on any atom is -0.228 e. The largest absolute Gasteiger partial charge is 0.228 e. The summed E-state index contributed by atoms with van der Waals surface area (Å²) in [6, 6.07) is 74.6. The van der Waals surface area contributed by atoms with Crippen LogP contribution in [0.1, 0.15) is 22.3 Å². The van der Waals surface area contributed by atoms with E-state index in [0.29, 0.717) is 5.82 Å². The molecule has 11 rings (SSSR count). The van der Waals surface area contributed by atoms with Gasteiger partial charge in [0.15, 0.2) is 5.82 Å². The highest BCUT2D eigenvalue weighted by Gasteiger charge is 2.49. The van der Waals surface area contributed by atoms with E-state index in [1.807, 2.05) is 0 Å². The SMILES string of the molecule is c1ccc(-c2cccc(-c3cc(-c4ccccc4)nc(-c4ccc5c(c4)C4(c6ccccc6-c6ccccc6-5)c5ccccc5-c5ccccc54)n3)c2)cc1. The molecule has 55 heavy (non-hydrogen) atoms. The topological polar surface area (TPSA) is 25.8 Å². The Morgan fingerprint density at radius 1 is 0.255 bits per heavy atom. The Morgan fingerprint density at radius 2 is 0.691 bits per heavy atom. The Hall–Kier alpha value is -7.16. The molecule has 2 nitrogen and oxygen atoms in total. The van der Waals surface area contributed by atoms with Crippen LogP contribution in [0.2, 0.25) is 0 Å². The maximum atomic E-state index is 5.39. The third-order valence-electron chi connectivity index (χ3n) is 11.5. The highest BCUT2D eigenvalue weighted by atomic mass is 14.9. The Morgan fingerprint density at radius 3 is 1.29 bits per heavy atom. The Bertz CT molecular complexity index is 2880. The molecule has 9 aromatic rings. The van der Waals surface area contributed by atoms with Gasteiger partial charge in [0.2, 0.25) is 0 Å². The summed E-state index contributed by atoms with van der Waals surface area (Å²) in [4.78, 5) is 10.7. The fourth-order valence-corrected chi connectivity index (χ4v) is 9.16. The zero-order valence-corrected chi connectivity index (χ0v) is 30.0. The second-order valence-corrected chi connectivity index (χ2v) is 14.5. The van der Waals surface area contributed by atoms with E-state index in [1.165, 1.54) is 61.2 Å². The van der Waals surface area contributed by atoms with Crippen molar-refractivity contribution in [1.82, 2.24) is 9.97 Å². The van der Waals surface area contributed by atoms with Crippen molar-refractivity contribution in [3.63, 3.8) is 0 Å². The quantitative estimate of drug-likeness (QED) is 0.183. The molecule has 1 spiro atoms. The molecular formula is C53H34N2. The van der Waals surface area contributed by atoms with Crippen LogP contribution in [-0.4, -0.2) is 9.97 Å². The first-order chi connectivity index (χ1) is 27.3. The second kappa shape index (κ2) is 12.5. The van der Waals surface area contributed by atoms with E-state index in [4.69, 9.17) is 9.97 Å². The average molecular weight is 699 g/mol. The van der Waals surface area contributed by atoms with Gasteiger partial charge in [0.25, 0.3) is 0 Å². The molecule has 0 radical (unpaired) electrons. The van der Waals surface area contributed by atoms with Gasteiger partial charge < -0.3 is 0 Å². The summed E-state index contributed by atoms with van der Waals surface area (Å²) in [7, 11) is 0. The van der Waals surface area contributed by atoms with Crippen LogP contribution in [0, 0.1) is 0 Å². The van der Waals surface area contributed by atoms with Crippen molar-refractivity contribution in [2.75, 3.05) is 0 Å². The van der Waals surface area contributed by atoms with Crippen molar-refractivity contribution in [2.45, 2.75) is 5.41 Å². The third-order valence-corrected chi connectivity index (χ3v) is 11.5. The number of hydrogen-bond donors (Lipinski definition) is 0. The predicted molar refractivity (Wildman–Crippen MR) is 226 cm³/mol. The molecular weight excluding hydrogens is 665 g/mol. The van der Waals surface area contributed by atoms with Gasteiger partial charge >= 0.3 is 0 Å². The first kappa shape index (κ1) is 31.4. The van der Waals surface area contributed by atoms with Crippen molar-refractivity contribution < 1.29 is 0 Å². The third kappa shape index (κ3) is 4.82. The summed E-state index contributed by atoms with van der Waals surface area (Å²) in [5.74, 6) is 0.699. The number of nitrogens with zero attached hydrogens (tertiary/aromatic N) is 2. The van der Waals surface area contributed by atoms with E-state index in [-0.39, 0.29) is 0 Å². The lowest BCUT2D eigenvalue weighted by molar-refractivity contribution is 0.775. The molecule has 0 bridgehead atoms. The van der Waals surface area contributed by atoms with Crippen LogP contribution < -0.4 is 0 Å². The highest BCUT2D eigenvalue weighted by Crippen LogP contribution is 2.61. The lowest BCUT2D eigenvalue weighted by Gasteiger charge is -2.35. The molecule has 0 fully saturated rings. The van der Waals surface area contributed by atoms with E-state index in [0.717, 1.165) is 33.6 Å². The lowest BCUT2D eigenvalue weighted by atomic mass is 9.65. The van der Waals surface area contributed by atoms with Crippen LogP contribution in [0.5, 0.6) is 0 Å². The molecule has 0 amide bonds. The maximum absolute atomic E-state index is 5.39. The predicted octanol–water partition coefficient (Wildman–Crippen LogP) is 13.2. The fourth-order valence-electron chi connectivity index (χ4n) is 9.16. The zero-order valence-electron chi connectivity index (χ0n) is 30.0. The summed E-state index contributed by atoms with van der Waals surface area (Å²) < 4.78 is 0. The molecule has 2 heteroatoms. The Balaban J connectivity index is 1.20. The normalized spacial score (nSPS) is 12.9. The molecule has 0 unspecified atom stereocenters. The van der Waals surface area contributed by atoms with Crippen molar-refractivity contribution in [1.29, 1.82) is 0 Å². The first-order valence-corrected chi connectivity index (χ1v) is 18.9. The average Bonchev–Trinajstić information content (AvgIpc) is 3.52. The van der Waals surface area contributed by atoms with E-state index >= 15 is 0 Å². The van der Waals surface area contributed by atoms with Crippen LogP contribution in [0.4, 0.5) is 0 Å². The van der Waals surface area contributed by atoms with Gasteiger partial charge in [-0.15, -0.1) is 0 Å². The van der Waals surface area contributed by atoms with Crippen LogP contribution in [-0.2, 0) is 5.41 Å². The number of hydrogen-bond acceptors (Lipinski definition) is 2. The van der Waals surface area contributed by atoms with E-state index in [9.17, 15) is 0 Å². The molecule has 0 atom stereocenters. The molecule has 2 aliphatic rings. The van der Waals surface area contributed by atoms with E-state index < -0.39 is 5.41 Å². The van der Waals surface area contributed by atoms with Crippen LogP contribution in [0.3, 0.4) is 0 Å². The van der Waals surface area contributed by atoms with Gasteiger partial charge in [0, 0.05) is 16.7 Å². The summed E-state index contributed by atoms with van der Waals surface area (Å²) in [5.41, 5.74) is 19.2. The molecule has 0 N–H and O–H groups in total. The maximum Gasteiger partial charge on any atom is 0.160 e. The summed E-state index contributed by atoms with van der Waals surface area (Å²) in [5, 5.41) is 0. The lowest BCUT2D eigenvalue weighted by Crippen LogP contribution is -2.29. The Kier molecular flexibility index (Phi) is 7.11. The van der Waals surface area contributed by atoms with Gasteiger partial charge in [0.1, 0.15) is 0 Å². The number of aromatic nitrogens is 2. The van der Waals surface area contributed by atoms with Crippen molar-refractivity contribution >= 4 is 0 Å². The minimum absolute atomic E-state index is 0.571. The number of benzene rings is 8. The molecule has 8 aromatic carbocycles. The number of fused-ring (bicyclic) bond motifs is 12. The second-order valence-electron chi connectivity index (χ2n) is 14.5. The standard InChI is InChI=1S/C53H34N2/c1-3-16-35(17-4-1)37-20-15-21-38(32-37)51-34-50(36-18-5-2-6-19-36)54-52(55-51)39-30-31-45-41-23-8-7-22-40(41)42-24-9-12-27-46(42)53(49(45)33-39)47-28-13-10-25-43(47)44-26-11-14-29-48(44)53/h1-34H. The van der Waals surface area contributed by atoms with E-state index in [2.05, 4.69) is 206 Å². The van der Waals surface area contributed by atoms with Crippen LogP contribution >= 0.6 is 0 Å². The van der Waals surface area contributed by atoms with Crippen molar-refractivity contribution in [3.8, 4) is 78.4 Å². The molecule has 0 saturated heterocycles. The molecule has 1 heterocycles. The Labute approximate surface area is 321 Å². The highest BCUT2D eigenvalue weighted by molar-refractivity contribution is 5.97. The summed E-state index contributed by atoms with van der Waals surface area (Å²) in [6.07, 6.45) is 0. The van der Waals surface area contributed by atoms with Crippen molar-refractivity contribution in [2.24, 2.45) is 0 Å². The first-order valence-electron chi connectivity index (χ1n) is 18.9. The fraction of sp³-hybridized carbons (Fsp3) is 0.0189. The van der Waals surface area contributed by atoms with Gasteiger partial charge in [-0.05, 0) is 85.0 Å². The summed E-state index contributed by atoms with van der Waals surface area (Å²) in [6.45, 7) is 0. The van der Waals surface area contributed by atoms with Gasteiger partial charge in [-0.3, -0.25) is 0 Å². The molecule has 0 saturated carbocycles. The smallest absolute Gasteiger partial charge is 0.160 e. The van der Waals surface area contributed by atoms with Crippen LogP contribution in [0.25, 0.3) is 78.4 Å². The molecule has 0 aliphatic heterocycles. The molecule has 1 aromatic heterocycles. The minimum atomic E-state index is -0.571. The molecule has 2 aliphatic carbocycles. The van der Waals surface area contributed by atoms with Gasteiger partial charge in [-0.25, -0.2) is 9.97 Å².